The average Bonchev–Trinajstić information content (AvgIpc) is 2.63. The summed E-state index contributed by atoms with van der Waals surface area (Å²) in [5, 5.41) is 6.52. The number of carbonyl (C=O) groups excluding carboxylic acids is 2. The molecule has 0 unspecified atom stereocenters. The van der Waals surface area contributed by atoms with E-state index < -0.39 is 11.8 Å². The van der Waals surface area contributed by atoms with E-state index >= 15 is 0 Å². The largest absolute Gasteiger partial charge is 0.494 e. The Kier molecular flexibility index (Phi) is 7.86. The predicted octanol–water partition coefficient (Wildman–Crippen LogP) is 3.34. The van der Waals surface area contributed by atoms with Gasteiger partial charge in [0.1, 0.15) is 12.2 Å². The first-order chi connectivity index (χ1) is 12.7. The summed E-state index contributed by atoms with van der Waals surface area (Å²) in [5.41, 5.74) is 3.79. The fourth-order valence-electron chi connectivity index (χ4n) is 2.11. The molecule has 0 fully saturated rings. The molecule has 0 aliphatic rings. The fourth-order valence-corrected chi connectivity index (χ4v) is 2.11. The third-order valence-corrected chi connectivity index (χ3v) is 3.41. The van der Waals surface area contributed by atoms with Crippen LogP contribution in [0.15, 0.2) is 59.7 Å². The number of benzene rings is 2. The number of para-hydroxylation sites is 1. The summed E-state index contributed by atoms with van der Waals surface area (Å²) in [6.07, 6.45) is 3.29. The Morgan fingerprint density at radius 2 is 1.88 bits per heavy atom. The molecule has 0 saturated carbocycles. The SMILES string of the molecule is CCCCOc1cccc(C=NNC(=O)CC(=O)Nc2ccccc2)c1. The van der Waals surface area contributed by atoms with Crippen LogP contribution in [0.1, 0.15) is 31.7 Å². The Morgan fingerprint density at radius 3 is 2.65 bits per heavy atom. The average molecular weight is 353 g/mol. The van der Waals surface area contributed by atoms with E-state index in [1.165, 1.54) is 6.21 Å². The van der Waals surface area contributed by atoms with E-state index in [9.17, 15) is 9.59 Å². The first-order valence-electron chi connectivity index (χ1n) is 8.57. The van der Waals surface area contributed by atoms with Gasteiger partial charge >= 0.3 is 0 Å². The lowest BCUT2D eigenvalue weighted by Gasteiger charge is -2.05. The number of hydrogen-bond donors (Lipinski definition) is 2. The number of unbranched alkanes of at least 4 members (excludes halogenated alkanes) is 1. The number of rotatable bonds is 9. The summed E-state index contributed by atoms with van der Waals surface area (Å²) in [6, 6.07) is 16.4. The predicted molar refractivity (Wildman–Crippen MR) is 102 cm³/mol. The van der Waals surface area contributed by atoms with Gasteiger partial charge in [0.05, 0.1) is 12.8 Å². The van der Waals surface area contributed by atoms with Crippen LogP contribution in [0.5, 0.6) is 5.75 Å². The first-order valence-corrected chi connectivity index (χ1v) is 8.57. The molecule has 0 aliphatic carbocycles. The number of anilines is 1. The van der Waals surface area contributed by atoms with Gasteiger partial charge in [-0.05, 0) is 36.2 Å². The Bertz CT molecular complexity index is 745. The molecule has 0 atom stereocenters. The summed E-state index contributed by atoms with van der Waals surface area (Å²) >= 11 is 0. The zero-order valence-electron chi connectivity index (χ0n) is 14.8. The van der Waals surface area contributed by atoms with Crippen molar-refractivity contribution in [3.8, 4) is 5.75 Å². The molecule has 0 saturated heterocycles. The minimum atomic E-state index is -0.481. The minimum absolute atomic E-state index is 0.299. The molecule has 136 valence electrons. The van der Waals surface area contributed by atoms with Crippen LogP contribution >= 0.6 is 0 Å². The van der Waals surface area contributed by atoms with E-state index in [1.807, 2.05) is 30.3 Å². The summed E-state index contributed by atoms with van der Waals surface area (Å²) in [4.78, 5) is 23.6. The highest BCUT2D eigenvalue weighted by molar-refractivity contribution is 6.03. The fraction of sp³-hybridized carbons (Fsp3) is 0.250. The van der Waals surface area contributed by atoms with Crippen LogP contribution in [-0.4, -0.2) is 24.6 Å². The second kappa shape index (κ2) is 10.7. The first kappa shape index (κ1) is 19.2. The van der Waals surface area contributed by atoms with Gasteiger partial charge in [0.15, 0.2) is 0 Å². The minimum Gasteiger partial charge on any atom is -0.494 e. The zero-order valence-corrected chi connectivity index (χ0v) is 14.8. The summed E-state index contributed by atoms with van der Waals surface area (Å²) in [5.74, 6) is -0.115. The van der Waals surface area contributed by atoms with E-state index in [4.69, 9.17) is 4.74 Å². The molecule has 2 amide bonds. The maximum Gasteiger partial charge on any atom is 0.249 e. The van der Waals surface area contributed by atoms with Crippen molar-refractivity contribution in [2.24, 2.45) is 5.10 Å². The third kappa shape index (κ3) is 7.17. The highest BCUT2D eigenvalue weighted by Crippen LogP contribution is 2.12. The van der Waals surface area contributed by atoms with E-state index in [-0.39, 0.29) is 6.42 Å². The number of nitrogens with zero attached hydrogens (tertiary/aromatic N) is 1. The molecule has 0 spiro atoms. The lowest BCUT2D eigenvalue weighted by Crippen LogP contribution is -2.24. The van der Waals surface area contributed by atoms with Crippen molar-refractivity contribution in [3.05, 3.63) is 60.2 Å². The van der Waals surface area contributed by atoms with Crippen LogP contribution in [0.3, 0.4) is 0 Å². The van der Waals surface area contributed by atoms with Crippen LogP contribution < -0.4 is 15.5 Å². The van der Waals surface area contributed by atoms with E-state index in [0.29, 0.717) is 12.3 Å². The third-order valence-electron chi connectivity index (χ3n) is 3.41. The highest BCUT2D eigenvalue weighted by atomic mass is 16.5. The Hall–Kier alpha value is -3.15. The van der Waals surface area contributed by atoms with Crippen LogP contribution in [0.25, 0.3) is 0 Å². The standard InChI is InChI=1S/C20H23N3O3/c1-2-3-12-26-18-11-7-8-16(13-18)15-21-23-20(25)14-19(24)22-17-9-5-4-6-10-17/h4-11,13,15H,2-3,12,14H2,1H3,(H,22,24)(H,23,25). The van der Waals surface area contributed by atoms with Gasteiger partial charge in [-0.1, -0.05) is 43.7 Å². The number of hydrogen-bond acceptors (Lipinski definition) is 4. The topological polar surface area (TPSA) is 79.8 Å². The van der Waals surface area contributed by atoms with E-state index in [2.05, 4.69) is 22.8 Å². The molecule has 0 radical (unpaired) electrons. The van der Waals surface area contributed by atoms with Crippen LogP contribution in [0.4, 0.5) is 5.69 Å². The Balaban J connectivity index is 1.77. The van der Waals surface area contributed by atoms with Crippen molar-refractivity contribution in [1.29, 1.82) is 0 Å². The Morgan fingerprint density at radius 1 is 1.08 bits per heavy atom. The zero-order chi connectivity index (χ0) is 18.6. The summed E-state index contributed by atoms with van der Waals surface area (Å²) in [7, 11) is 0. The highest BCUT2D eigenvalue weighted by Gasteiger charge is 2.08. The van der Waals surface area contributed by atoms with Gasteiger partial charge in [0, 0.05) is 5.69 Å². The molecule has 6 heteroatoms. The number of amides is 2. The lowest BCUT2D eigenvalue weighted by atomic mass is 10.2. The molecule has 2 N–H and O–H groups in total. The van der Waals surface area contributed by atoms with Gasteiger partial charge in [-0.2, -0.15) is 5.10 Å². The van der Waals surface area contributed by atoms with Gasteiger partial charge < -0.3 is 10.1 Å². The smallest absolute Gasteiger partial charge is 0.249 e. The molecule has 6 nitrogen and oxygen atoms in total. The number of ether oxygens (including phenoxy) is 1. The second-order valence-electron chi connectivity index (χ2n) is 5.66. The molecular weight excluding hydrogens is 330 g/mol. The molecule has 2 aromatic carbocycles. The molecular formula is C20H23N3O3. The molecule has 2 aromatic rings. The monoisotopic (exact) mass is 353 g/mol. The van der Waals surface area contributed by atoms with Gasteiger partial charge in [0.25, 0.3) is 0 Å². The number of nitrogens with one attached hydrogen (secondary N) is 2. The molecule has 2 rings (SSSR count). The van der Waals surface area contributed by atoms with Crippen molar-refractivity contribution < 1.29 is 14.3 Å². The Labute approximate surface area is 153 Å². The number of hydrazone groups is 1. The maximum atomic E-state index is 11.8. The van der Waals surface area contributed by atoms with Crippen LogP contribution in [0, 0.1) is 0 Å². The summed E-state index contributed by atoms with van der Waals surface area (Å²) in [6.45, 7) is 2.78. The van der Waals surface area contributed by atoms with Crippen molar-refractivity contribution >= 4 is 23.7 Å². The summed E-state index contributed by atoms with van der Waals surface area (Å²) < 4.78 is 5.62. The molecule has 0 aliphatic heterocycles. The van der Waals surface area contributed by atoms with Crippen LogP contribution in [-0.2, 0) is 9.59 Å². The number of carbonyl (C=O) groups is 2. The van der Waals surface area contributed by atoms with Gasteiger partial charge in [0.2, 0.25) is 11.8 Å². The molecule has 0 heterocycles. The molecule has 26 heavy (non-hydrogen) atoms. The van der Waals surface area contributed by atoms with Gasteiger partial charge in [-0.25, -0.2) is 5.43 Å². The molecule has 0 aromatic heterocycles. The van der Waals surface area contributed by atoms with Crippen molar-refractivity contribution in [3.63, 3.8) is 0 Å². The molecule has 0 bridgehead atoms. The lowest BCUT2D eigenvalue weighted by molar-refractivity contribution is -0.126. The van der Waals surface area contributed by atoms with Gasteiger partial charge in [-0.15, -0.1) is 0 Å². The van der Waals surface area contributed by atoms with Crippen molar-refractivity contribution in [1.82, 2.24) is 5.43 Å². The van der Waals surface area contributed by atoms with Gasteiger partial charge in [-0.3, -0.25) is 9.59 Å². The maximum absolute atomic E-state index is 11.8. The second-order valence-corrected chi connectivity index (χ2v) is 5.66. The van der Waals surface area contributed by atoms with Crippen molar-refractivity contribution in [2.45, 2.75) is 26.2 Å². The van der Waals surface area contributed by atoms with E-state index in [1.54, 1.807) is 24.3 Å². The normalized spacial score (nSPS) is 10.5. The van der Waals surface area contributed by atoms with Crippen molar-refractivity contribution in [2.75, 3.05) is 11.9 Å². The quantitative estimate of drug-likeness (QED) is 0.314. The van der Waals surface area contributed by atoms with E-state index in [0.717, 1.165) is 24.2 Å². The van der Waals surface area contributed by atoms with Crippen LogP contribution in [0.2, 0.25) is 0 Å².